The predicted molar refractivity (Wildman–Crippen MR) is 131 cm³/mol. The van der Waals surface area contributed by atoms with Crippen molar-refractivity contribution in [1.29, 1.82) is 0 Å². The summed E-state index contributed by atoms with van der Waals surface area (Å²) in [6.45, 7) is 4.63. The van der Waals surface area contributed by atoms with Crippen LogP contribution >= 0.6 is 0 Å². The second-order valence-electron chi connectivity index (χ2n) is 9.57. The second-order valence-corrected chi connectivity index (χ2v) is 9.57. The number of hydrogen-bond donors (Lipinski definition) is 1. The maximum atomic E-state index is 13.9. The van der Waals surface area contributed by atoms with E-state index in [1.54, 1.807) is 22.2 Å². The van der Waals surface area contributed by atoms with Crippen LogP contribution in [-0.4, -0.2) is 46.9 Å². The fraction of sp³-hybridized carbons (Fsp3) is 0.593. The zero-order valence-corrected chi connectivity index (χ0v) is 20.7. The van der Waals surface area contributed by atoms with Crippen LogP contribution in [0.3, 0.4) is 0 Å². The molecule has 3 atom stereocenters. The highest BCUT2D eigenvalue weighted by Gasteiger charge is 2.42. The summed E-state index contributed by atoms with van der Waals surface area (Å²) in [5, 5.41) is 2.79. The summed E-state index contributed by atoms with van der Waals surface area (Å²) in [7, 11) is 1.30. The van der Waals surface area contributed by atoms with Gasteiger partial charge in [0, 0.05) is 12.4 Å². The molecule has 3 amide bonds. The second kappa shape index (κ2) is 12.6. The Balaban J connectivity index is 1.89. The Morgan fingerprint density at radius 1 is 1.12 bits per heavy atom. The average Bonchev–Trinajstić information content (AvgIpc) is 2.87. The summed E-state index contributed by atoms with van der Waals surface area (Å²) >= 11 is 0. The van der Waals surface area contributed by atoms with Gasteiger partial charge in [0.1, 0.15) is 12.1 Å². The first-order valence-electron chi connectivity index (χ1n) is 12.7. The number of rotatable bonds is 9. The third kappa shape index (κ3) is 6.39. The van der Waals surface area contributed by atoms with Gasteiger partial charge in [-0.25, -0.2) is 4.79 Å². The summed E-state index contributed by atoms with van der Waals surface area (Å²) in [6, 6.07) is 8.55. The molecule has 1 N–H and O–H groups in total. The van der Waals surface area contributed by atoms with E-state index in [2.05, 4.69) is 12.2 Å². The summed E-state index contributed by atoms with van der Waals surface area (Å²) in [6.07, 6.45) is 10.6. The van der Waals surface area contributed by atoms with E-state index in [4.69, 9.17) is 4.74 Å². The lowest BCUT2D eigenvalue weighted by atomic mass is 9.82. The molecule has 1 aromatic carbocycles. The first kappa shape index (κ1) is 25.8. The molecule has 0 unspecified atom stereocenters. The number of amides is 3. The molecule has 186 valence electrons. The summed E-state index contributed by atoms with van der Waals surface area (Å²) in [4.78, 5) is 43.0. The van der Waals surface area contributed by atoms with Crippen LogP contribution in [0.4, 0.5) is 4.79 Å². The number of alkyl carbamates (subject to hydrolysis) is 1. The highest BCUT2D eigenvalue weighted by molar-refractivity contribution is 5.93. The van der Waals surface area contributed by atoms with Gasteiger partial charge in [-0.2, -0.15) is 0 Å². The molecule has 34 heavy (non-hydrogen) atoms. The molecule has 7 heteroatoms. The van der Waals surface area contributed by atoms with Crippen molar-refractivity contribution < 1.29 is 19.1 Å². The number of benzene rings is 1. The molecule has 1 aromatic rings. The molecule has 1 aliphatic carbocycles. The lowest BCUT2D eigenvalue weighted by Crippen LogP contribution is -2.59. The van der Waals surface area contributed by atoms with Crippen LogP contribution in [0, 0.1) is 11.8 Å². The normalized spacial score (nSPS) is 20.7. The lowest BCUT2D eigenvalue weighted by Gasteiger charge is -2.41. The number of carbonyl (C=O) groups is 3. The fourth-order valence-electron chi connectivity index (χ4n) is 5.13. The van der Waals surface area contributed by atoms with Crippen LogP contribution in [-0.2, 0) is 20.9 Å². The van der Waals surface area contributed by atoms with E-state index in [0.29, 0.717) is 6.54 Å². The summed E-state index contributed by atoms with van der Waals surface area (Å²) in [5.41, 5.74) is 1.03. The van der Waals surface area contributed by atoms with Crippen molar-refractivity contribution in [3.05, 3.63) is 48.3 Å². The Bertz CT molecular complexity index is 851. The van der Waals surface area contributed by atoms with Gasteiger partial charge in [0.15, 0.2) is 0 Å². The van der Waals surface area contributed by atoms with Crippen molar-refractivity contribution in [2.45, 2.75) is 83.8 Å². The van der Waals surface area contributed by atoms with E-state index in [0.717, 1.165) is 56.9 Å². The molecule has 1 heterocycles. The summed E-state index contributed by atoms with van der Waals surface area (Å²) < 4.78 is 4.83. The maximum absolute atomic E-state index is 13.9. The van der Waals surface area contributed by atoms with Crippen LogP contribution in [0.5, 0.6) is 0 Å². The van der Waals surface area contributed by atoms with Crippen molar-refractivity contribution in [3.63, 3.8) is 0 Å². The molecule has 0 saturated heterocycles. The molecule has 0 aromatic heterocycles. The smallest absolute Gasteiger partial charge is 0.407 e. The van der Waals surface area contributed by atoms with E-state index < -0.39 is 18.2 Å². The highest BCUT2D eigenvalue weighted by atomic mass is 16.5. The monoisotopic (exact) mass is 469 g/mol. The zero-order valence-electron chi connectivity index (χ0n) is 20.7. The number of methoxy groups -OCH3 is 1. The first-order valence-corrected chi connectivity index (χ1v) is 12.7. The van der Waals surface area contributed by atoms with Gasteiger partial charge in [0.25, 0.3) is 0 Å². The van der Waals surface area contributed by atoms with E-state index in [1.165, 1.54) is 7.11 Å². The van der Waals surface area contributed by atoms with E-state index >= 15 is 0 Å². The largest absolute Gasteiger partial charge is 0.453 e. The maximum Gasteiger partial charge on any atom is 0.407 e. The molecule has 2 aliphatic rings. The first-order chi connectivity index (χ1) is 16.5. The zero-order chi connectivity index (χ0) is 24.5. The standard InChI is InChI=1S/C27H39N3O4/c1-4-5-12-20(2)24-26(32)29(19-21-13-8-6-9-14-21)17-18-30(24)25(31)23(28-27(33)34-3)22-15-10-7-11-16-22/h6,8-9,13-14,17-18,20,22-24H,4-5,7,10-12,15-16,19H2,1-3H3,(H,28,33)/t20-,23-,24+/m0/s1. The highest BCUT2D eigenvalue weighted by Crippen LogP contribution is 2.31. The van der Waals surface area contributed by atoms with Crippen molar-refractivity contribution in [1.82, 2.24) is 15.1 Å². The fourth-order valence-corrected chi connectivity index (χ4v) is 5.13. The lowest BCUT2D eigenvalue weighted by molar-refractivity contribution is -0.147. The number of ether oxygens (including phenoxy) is 1. The Morgan fingerprint density at radius 2 is 1.82 bits per heavy atom. The summed E-state index contributed by atoms with van der Waals surface area (Å²) in [5.74, 6) is -0.277. The minimum atomic E-state index is -0.702. The van der Waals surface area contributed by atoms with Crippen LogP contribution in [0.25, 0.3) is 0 Å². The van der Waals surface area contributed by atoms with E-state index in [1.807, 2.05) is 37.3 Å². The topological polar surface area (TPSA) is 79.0 Å². The van der Waals surface area contributed by atoms with Crippen molar-refractivity contribution in [2.75, 3.05) is 7.11 Å². The molecule has 1 saturated carbocycles. The van der Waals surface area contributed by atoms with Crippen molar-refractivity contribution >= 4 is 17.9 Å². The third-order valence-corrected chi connectivity index (χ3v) is 7.09. The molecule has 0 spiro atoms. The molecule has 0 radical (unpaired) electrons. The van der Waals surface area contributed by atoms with Crippen LogP contribution < -0.4 is 5.32 Å². The third-order valence-electron chi connectivity index (χ3n) is 7.09. The predicted octanol–water partition coefficient (Wildman–Crippen LogP) is 4.83. The van der Waals surface area contributed by atoms with E-state index in [9.17, 15) is 14.4 Å². The molecule has 0 bridgehead atoms. The van der Waals surface area contributed by atoms with Gasteiger partial charge in [-0.3, -0.25) is 9.59 Å². The van der Waals surface area contributed by atoms with Crippen LogP contribution in [0.2, 0.25) is 0 Å². The Kier molecular flexibility index (Phi) is 9.54. The quantitative estimate of drug-likeness (QED) is 0.562. The number of unbranched alkanes of at least 4 members (excludes halogenated alkanes) is 1. The van der Waals surface area contributed by atoms with Gasteiger partial charge >= 0.3 is 6.09 Å². The number of nitrogens with one attached hydrogen (secondary N) is 1. The SMILES string of the molecule is CCCC[C@H](C)[C@@H]1C(=O)N(Cc2ccccc2)C=CN1C(=O)[C@@H](NC(=O)OC)C1CCCCC1. The molecule has 7 nitrogen and oxygen atoms in total. The van der Waals surface area contributed by atoms with Gasteiger partial charge in [-0.05, 0) is 36.7 Å². The Labute approximate surface area is 203 Å². The van der Waals surface area contributed by atoms with Crippen molar-refractivity contribution in [3.8, 4) is 0 Å². The minimum absolute atomic E-state index is 0.00949. The van der Waals surface area contributed by atoms with Gasteiger partial charge in [-0.15, -0.1) is 0 Å². The van der Waals surface area contributed by atoms with Gasteiger partial charge in [0.05, 0.1) is 13.7 Å². The van der Waals surface area contributed by atoms with Gasteiger partial charge < -0.3 is 19.9 Å². The number of nitrogens with zero attached hydrogens (tertiary/aromatic N) is 2. The van der Waals surface area contributed by atoms with Gasteiger partial charge in [0.2, 0.25) is 11.8 Å². The van der Waals surface area contributed by atoms with E-state index in [-0.39, 0.29) is 23.7 Å². The van der Waals surface area contributed by atoms with Crippen molar-refractivity contribution in [2.24, 2.45) is 11.8 Å². The average molecular weight is 470 g/mol. The van der Waals surface area contributed by atoms with Gasteiger partial charge in [-0.1, -0.05) is 76.3 Å². The number of carbonyl (C=O) groups excluding carboxylic acids is 3. The Hall–Kier alpha value is -2.83. The molecular formula is C27H39N3O4. The molecule has 1 fully saturated rings. The Morgan fingerprint density at radius 3 is 2.47 bits per heavy atom. The molecule has 3 rings (SSSR count). The minimum Gasteiger partial charge on any atom is -0.453 e. The van der Waals surface area contributed by atoms with Crippen LogP contribution in [0.1, 0.15) is 70.8 Å². The molecular weight excluding hydrogens is 430 g/mol. The number of hydrogen-bond acceptors (Lipinski definition) is 4. The molecule has 1 aliphatic heterocycles. The van der Waals surface area contributed by atoms with Crippen LogP contribution in [0.15, 0.2) is 42.7 Å².